The van der Waals surface area contributed by atoms with E-state index in [1.807, 2.05) is 0 Å². The Kier molecular flexibility index (Phi) is 2.67. The van der Waals surface area contributed by atoms with Gasteiger partial charge in [-0.25, -0.2) is 9.97 Å². The minimum Gasteiger partial charge on any atom is -0.353 e. The standard InChI is InChI=1S/C14H17ClN4O/c15-12-6-17-13(7-16-12)19-10-1-9-2-11(19)5-14(3-9,4-10)18-8-20/h6-11H,1-5H2,(H,18,20)/t9?,10-,11+,14?. The number of anilines is 1. The normalized spacial score (nSPS) is 38.0. The van der Waals surface area contributed by atoms with Gasteiger partial charge >= 0.3 is 0 Å². The molecule has 2 aliphatic carbocycles. The van der Waals surface area contributed by atoms with E-state index in [1.165, 1.54) is 12.8 Å². The average molecular weight is 293 g/mol. The largest absolute Gasteiger partial charge is 0.353 e. The van der Waals surface area contributed by atoms with Crippen LogP contribution in [0.2, 0.25) is 5.15 Å². The summed E-state index contributed by atoms with van der Waals surface area (Å²) in [4.78, 5) is 21.9. The van der Waals surface area contributed by atoms with Crippen LogP contribution in [0.4, 0.5) is 5.82 Å². The van der Waals surface area contributed by atoms with Gasteiger partial charge in [-0.05, 0) is 38.0 Å². The van der Waals surface area contributed by atoms with Crippen molar-refractivity contribution in [3.63, 3.8) is 0 Å². The molecule has 1 aromatic rings. The van der Waals surface area contributed by atoms with Crippen molar-refractivity contribution < 1.29 is 4.79 Å². The molecule has 4 aliphatic rings. The predicted molar refractivity (Wildman–Crippen MR) is 75.6 cm³/mol. The van der Waals surface area contributed by atoms with E-state index >= 15 is 0 Å². The summed E-state index contributed by atoms with van der Waals surface area (Å²) in [6, 6.07) is 0.924. The van der Waals surface area contributed by atoms with Crippen LogP contribution in [-0.2, 0) is 4.79 Å². The van der Waals surface area contributed by atoms with Crippen molar-refractivity contribution in [3.8, 4) is 0 Å². The van der Waals surface area contributed by atoms with E-state index in [1.54, 1.807) is 12.4 Å². The number of carbonyl (C=O) groups excluding carboxylic acids is 1. The molecule has 3 heterocycles. The van der Waals surface area contributed by atoms with Crippen molar-refractivity contribution in [2.24, 2.45) is 5.92 Å². The fourth-order valence-corrected chi connectivity index (χ4v) is 4.84. The molecule has 0 radical (unpaired) electrons. The minimum absolute atomic E-state index is 0.0224. The SMILES string of the molecule is O=CNC12CC3C[C@H](C1)N(c1cnc(Cl)cn1)[C@@H](C3)C2. The van der Waals surface area contributed by atoms with E-state index in [0.717, 1.165) is 37.4 Å². The molecule has 4 fully saturated rings. The number of nitrogens with one attached hydrogen (secondary N) is 1. The molecule has 1 amide bonds. The summed E-state index contributed by atoms with van der Waals surface area (Å²) in [6.45, 7) is 0. The summed E-state index contributed by atoms with van der Waals surface area (Å²) in [5, 5.41) is 3.54. The molecule has 0 spiro atoms. The second-order valence-corrected chi connectivity index (χ2v) is 6.79. The van der Waals surface area contributed by atoms with Crippen LogP contribution in [0.3, 0.4) is 0 Å². The van der Waals surface area contributed by atoms with E-state index in [0.29, 0.717) is 17.2 Å². The molecule has 106 valence electrons. The maximum absolute atomic E-state index is 10.9. The molecule has 5 nitrogen and oxygen atoms in total. The van der Waals surface area contributed by atoms with Gasteiger partial charge in [-0.1, -0.05) is 11.6 Å². The van der Waals surface area contributed by atoms with Crippen molar-refractivity contribution in [2.45, 2.75) is 49.7 Å². The van der Waals surface area contributed by atoms with E-state index < -0.39 is 0 Å². The molecular weight excluding hydrogens is 276 g/mol. The molecule has 6 heteroatoms. The third-order valence-corrected chi connectivity index (χ3v) is 5.36. The van der Waals surface area contributed by atoms with Crippen LogP contribution in [0.1, 0.15) is 32.1 Å². The van der Waals surface area contributed by atoms with Gasteiger partial charge in [0.05, 0.1) is 12.4 Å². The van der Waals surface area contributed by atoms with Gasteiger partial charge in [0.25, 0.3) is 0 Å². The first-order valence-corrected chi connectivity index (χ1v) is 7.54. The highest BCUT2D eigenvalue weighted by Crippen LogP contribution is 2.52. The number of aromatic nitrogens is 2. The van der Waals surface area contributed by atoms with Crippen LogP contribution in [0.25, 0.3) is 0 Å². The fourth-order valence-electron chi connectivity index (χ4n) is 4.74. The molecule has 2 unspecified atom stereocenters. The molecule has 2 saturated carbocycles. The van der Waals surface area contributed by atoms with Crippen LogP contribution in [0.5, 0.6) is 0 Å². The number of nitrogens with zero attached hydrogens (tertiary/aromatic N) is 3. The third kappa shape index (κ3) is 1.79. The Morgan fingerprint density at radius 3 is 2.60 bits per heavy atom. The van der Waals surface area contributed by atoms with Crippen LogP contribution in [0.15, 0.2) is 12.4 Å². The van der Waals surface area contributed by atoms with Gasteiger partial charge in [-0.15, -0.1) is 0 Å². The first-order chi connectivity index (χ1) is 9.69. The van der Waals surface area contributed by atoms with Crippen molar-refractivity contribution in [2.75, 3.05) is 4.90 Å². The summed E-state index contributed by atoms with van der Waals surface area (Å²) in [6.07, 6.45) is 9.82. The van der Waals surface area contributed by atoms with Crippen molar-refractivity contribution >= 4 is 23.8 Å². The Morgan fingerprint density at radius 2 is 2.00 bits per heavy atom. The van der Waals surface area contributed by atoms with E-state index in [-0.39, 0.29) is 5.54 Å². The molecule has 5 rings (SSSR count). The summed E-state index contributed by atoms with van der Waals surface area (Å²) >= 11 is 5.82. The van der Waals surface area contributed by atoms with Gasteiger partial charge in [0.1, 0.15) is 11.0 Å². The lowest BCUT2D eigenvalue weighted by Crippen LogP contribution is -2.68. The lowest BCUT2D eigenvalue weighted by molar-refractivity contribution is -0.113. The van der Waals surface area contributed by atoms with Gasteiger partial charge in [-0.3, -0.25) is 4.79 Å². The van der Waals surface area contributed by atoms with E-state index in [2.05, 4.69) is 20.2 Å². The highest BCUT2D eigenvalue weighted by atomic mass is 35.5. The third-order valence-electron chi connectivity index (χ3n) is 5.17. The number of piperidine rings is 2. The summed E-state index contributed by atoms with van der Waals surface area (Å²) in [5.41, 5.74) is 0.0224. The average Bonchev–Trinajstić information content (AvgIpc) is 2.39. The number of halogens is 1. The maximum atomic E-state index is 10.9. The first kappa shape index (κ1) is 12.4. The molecule has 2 aliphatic heterocycles. The lowest BCUT2D eigenvalue weighted by Gasteiger charge is -2.61. The monoisotopic (exact) mass is 292 g/mol. The highest BCUT2D eigenvalue weighted by Gasteiger charge is 2.54. The summed E-state index contributed by atoms with van der Waals surface area (Å²) < 4.78 is 0. The van der Waals surface area contributed by atoms with Crippen LogP contribution < -0.4 is 10.2 Å². The van der Waals surface area contributed by atoms with Crippen LogP contribution >= 0.6 is 11.6 Å². The van der Waals surface area contributed by atoms with E-state index in [9.17, 15) is 4.79 Å². The second kappa shape index (κ2) is 4.32. The molecule has 20 heavy (non-hydrogen) atoms. The fraction of sp³-hybridized carbons (Fsp3) is 0.643. The predicted octanol–water partition coefficient (Wildman–Crippen LogP) is 1.77. The second-order valence-electron chi connectivity index (χ2n) is 6.40. The van der Waals surface area contributed by atoms with Crippen molar-refractivity contribution in [3.05, 3.63) is 17.5 Å². The Morgan fingerprint density at radius 1 is 1.25 bits per heavy atom. The number of hydrogen-bond donors (Lipinski definition) is 1. The quantitative estimate of drug-likeness (QED) is 0.863. The molecule has 2 saturated heterocycles. The van der Waals surface area contributed by atoms with Gasteiger partial charge in [-0.2, -0.15) is 0 Å². The molecule has 4 bridgehead atoms. The minimum atomic E-state index is 0.0224. The highest BCUT2D eigenvalue weighted by molar-refractivity contribution is 6.29. The number of carbonyl (C=O) groups is 1. The van der Waals surface area contributed by atoms with E-state index in [4.69, 9.17) is 11.6 Å². The number of amides is 1. The zero-order valence-electron chi connectivity index (χ0n) is 11.1. The molecule has 1 N–H and O–H groups in total. The lowest BCUT2D eigenvalue weighted by atomic mass is 9.59. The van der Waals surface area contributed by atoms with Gasteiger partial charge in [0.2, 0.25) is 6.41 Å². The first-order valence-electron chi connectivity index (χ1n) is 7.16. The van der Waals surface area contributed by atoms with Crippen molar-refractivity contribution in [1.29, 1.82) is 0 Å². The topological polar surface area (TPSA) is 58.1 Å². The van der Waals surface area contributed by atoms with Gasteiger partial charge < -0.3 is 10.2 Å². The van der Waals surface area contributed by atoms with Crippen LogP contribution in [-0.4, -0.2) is 34.0 Å². The maximum Gasteiger partial charge on any atom is 0.207 e. The molecule has 1 aromatic heterocycles. The summed E-state index contributed by atoms with van der Waals surface area (Å²) in [5.74, 6) is 1.65. The summed E-state index contributed by atoms with van der Waals surface area (Å²) in [7, 11) is 0. The molecule has 0 aromatic carbocycles. The molecule has 4 atom stereocenters. The Labute approximate surface area is 122 Å². The Hall–Kier alpha value is -1.36. The molecular formula is C14H17ClN4O. The van der Waals surface area contributed by atoms with Gasteiger partial charge in [0, 0.05) is 17.6 Å². The number of hydrogen-bond acceptors (Lipinski definition) is 4. The number of rotatable bonds is 3. The van der Waals surface area contributed by atoms with Crippen molar-refractivity contribution in [1.82, 2.24) is 15.3 Å². The zero-order valence-corrected chi connectivity index (χ0v) is 11.9. The van der Waals surface area contributed by atoms with Gasteiger partial charge in [0.15, 0.2) is 0 Å². The smallest absolute Gasteiger partial charge is 0.207 e. The zero-order chi connectivity index (χ0) is 13.7. The Bertz CT molecular complexity index is 518. The van der Waals surface area contributed by atoms with Crippen LogP contribution in [0, 0.1) is 5.92 Å². The Balaban J connectivity index is 1.65.